The molecule has 2 saturated heterocycles. The zero-order chi connectivity index (χ0) is 29.8. The van der Waals surface area contributed by atoms with Crippen LogP contribution in [0.5, 0.6) is 5.75 Å². The van der Waals surface area contributed by atoms with Crippen molar-refractivity contribution >= 4 is 15.9 Å². The van der Waals surface area contributed by atoms with Gasteiger partial charge < -0.3 is 19.3 Å². The summed E-state index contributed by atoms with van der Waals surface area (Å²) in [6.45, 7) is 8.58. The van der Waals surface area contributed by atoms with Gasteiger partial charge in [-0.2, -0.15) is 4.31 Å². The molecular formula is C30H43FN4O5S. The third-order valence-electron chi connectivity index (χ3n) is 8.55. The van der Waals surface area contributed by atoms with E-state index in [1.165, 1.54) is 23.5 Å². The lowest BCUT2D eigenvalue weighted by molar-refractivity contribution is -0.139. The van der Waals surface area contributed by atoms with Crippen LogP contribution >= 0.6 is 0 Å². The Hall–Kier alpha value is -2.57. The number of aryl methyl sites for hydroxylation is 2. The van der Waals surface area contributed by atoms with Gasteiger partial charge in [-0.25, -0.2) is 12.8 Å². The summed E-state index contributed by atoms with van der Waals surface area (Å²) >= 11 is 0. The maximum atomic E-state index is 13.7. The number of carbonyl (C=O) groups is 1. The van der Waals surface area contributed by atoms with Crippen molar-refractivity contribution in [3.05, 3.63) is 58.9 Å². The minimum Gasteiger partial charge on any atom is -0.497 e. The first-order chi connectivity index (χ1) is 19.5. The fourth-order valence-electron chi connectivity index (χ4n) is 6.06. The van der Waals surface area contributed by atoms with Gasteiger partial charge in [-0.05, 0) is 74.7 Å². The normalized spacial score (nSPS) is 18.6. The summed E-state index contributed by atoms with van der Waals surface area (Å²) in [4.78, 5) is 19.9. The minimum absolute atomic E-state index is 0.102. The van der Waals surface area contributed by atoms with Crippen LogP contribution in [-0.2, 0) is 25.1 Å². The van der Waals surface area contributed by atoms with Crippen LogP contribution in [0.15, 0.2) is 41.3 Å². The number of benzene rings is 2. The summed E-state index contributed by atoms with van der Waals surface area (Å²) in [5.74, 6) is 0.253. The number of amides is 1. The molecule has 0 atom stereocenters. The van der Waals surface area contributed by atoms with Crippen LogP contribution < -0.4 is 4.74 Å². The molecule has 4 rings (SSSR count). The summed E-state index contributed by atoms with van der Waals surface area (Å²) < 4.78 is 52.3. The molecule has 2 aromatic rings. The molecule has 2 aliphatic rings. The highest BCUT2D eigenvalue weighted by Crippen LogP contribution is 2.39. The topological polar surface area (TPSA) is 82.6 Å². The van der Waals surface area contributed by atoms with Crippen LogP contribution in [0.1, 0.15) is 29.5 Å². The molecular weight excluding hydrogens is 547 g/mol. The number of likely N-dealkylation sites (N-methyl/N-ethyl adjacent to an activating group) is 2. The van der Waals surface area contributed by atoms with Crippen LogP contribution in [0.2, 0.25) is 0 Å². The predicted molar refractivity (Wildman–Crippen MR) is 156 cm³/mol. The molecule has 0 unspecified atom stereocenters. The van der Waals surface area contributed by atoms with E-state index in [1.807, 2.05) is 17.0 Å². The van der Waals surface area contributed by atoms with Crippen molar-refractivity contribution in [1.29, 1.82) is 0 Å². The Morgan fingerprint density at radius 2 is 1.59 bits per heavy atom. The van der Waals surface area contributed by atoms with Crippen LogP contribution in [0.4, 0.5) is 4.39 Å². The molecule has 0 spiro atoms. The number of likely N-dealkylation sites (tertiary alicyclic amines) is 1. The second-order valence-electron chi connectivity index (χ2n) is 11.2. The quantitative estimate of drug-likeness (QED) is 0.394. The highest BCUT2D eigenvalue weighted by atomic mass is 32.2. The third kappa shape index (κ3) is 6.91. The molecule has 2 aliphatic heterocycles. The Kier molecular flexibility index (Phi) is 10.1. The third-order valence-corrected chi connectivity index (χ3v) is 10.7. The maximum absolute atomic E-state index is 13.7. The number of sulfonamides is 1. The van der Waals surface area contributed by atoms with Crippen molar-refractivity contribution in [2.24, 2.45) is 0 Å². The maximum Gasteiger partial charge on any atom is 0.248 e. The van der Waals surface area contributed by atoms with Gasteiger partial charge in [0.25, 0.3) is 0 Å². The number of rotatable bonds is 10. The average Bonchev–Trinajstić information content (AvgIpc) is 2.95. The molecule has 2 heterocycles. The number of hydrogen-bond donors (Lipinski definition) is 0. The van der Waals surface area contributed by atoms with E-state index in [4.69, 9.17) is 9.47 Å². The number of methoxy groups -OCH3 is 1. The van der Waals surface area contributed by atoms with Gasteiger partial charge in [0, 0.05) is 58.4 Å². The van der Waals surface area contributed by atoms with E-state index in [0.717, 1.165) is 44.6 Å². The lowest BCUT2D eigenvalue weighted by Crippen LogP contribution is -2.59. The average molecular weight is 591 g/mol. The Morgan fingerprint density at radius 3 is 2.15 bits per heavy atom. The summed E-state index contributed by atoms with van der Waals surface area (Å²) in [6, 6.07) is 10.2. The zero-order valence-electron chi connectivity index (χ0n) is 24.9. The molecule has 0 bridgehead atoms. The second kappa shape index (κ2) is 13.2. The first-order valence-electron chi connectivity index (χ1n) is 14.1. The lowest BCUT2D eigenvalue weighted by Gasteiger charge is -2.51. The molecule has 0 N–H and O–H groups in total. The minimum atomic E-state index is -3.73. The highest BCUT2D eigenvalue weighted by molar-refractivity contribution is 7.89. The molecule has 2 aromatic carbocycles. The first kappa shape index (κ1) is 31.4. The van der Waals surface area contributed by atoms with Gasteiger partial charge in [-0.1, -0.05) is 12.1 Å². The standard InChI is InChI=1S/C30H43FN4O5S/c1-23-20-27(39-5)21-24(2)29(23)41(37,38)33(4)18-19-40-22-28(36)34-12-10-30(11-13-34,25-6-8-26(31)9-7-25)35-16-14-32(3)15-17-35/h6-9,20-21H,10-19,22H2,1-5H3. The molecule has 41 heavy (non-hydrogen) atoms. The van der Waals surface area contributed by atoms with Crippen molar-refractivity contribution < 1.29 is 27.1 Å². The number of piperidine rings is 1. The Bertz CT molecular complexity index is 1280. The fourth-order valence-corrected chi connectivity index (χ4v) is 7.62. The number of nitrogens with zero attached hydrogens (tertiary/aromatic N) is 4. The van der Waals surface area contributed by atoms with E-state index in [-0.39, 0.29) is 41.9 Å². The van der Waals surface area contributed by atoms with Gasteiger partial charge in [0.15, 0.2) is 0 Å². The molecule has 0 saturated carbocycles. The molecule has 1 amide bonds. The van der Waals surface area contributed by atoms with E-state index >= 15 is 0 Å². The molecule has 9 nitrogen and oxygen atoms in total. The predicted octanol–water partition coefficient (Wildman–Crippen LogP) is 2.85. The molecule has 0 radical (unpaired) electrons. The fraction of sp³-hybridized carbons (Fsp3) is 0.567. The first-order valence-corrected chi connectivity index (χ1v) is 15.6. The van der Waals surface area contributed by atoms with Crippen molar-refractivity contribution in [3.63, 3.8) is 0 Å². The van der Waals surface area contributed by atoms with Gasteiger partial charge in [0.2, 0.25) is 15.9 Å². The number of piperazine rings is 1. The molecule has 2 fully saturated rings. The van der Waals surface area contributed by atoms with E-state index in [2.05, 4.69) is 16.8 Å². The van der Waals surface area contributed by atoms with Gasteiger partial charge in [0.05, 0.1) is 18.6 Å². The van der Waals surface area contributed by atoms with E-state index in [0.29, 0.717) is 30.0 Å². The molecule has 226 valence electrons. The van der Waals surface area contributed by atoms with E-state index in [9.17, 15) is 17.6 Å². The van der Waals surface area contributed by atoms with Crippen LogP contribution in [0, 0.1) is 19.7 Å². The van der Waals surface area contributed by atoms with E-state index in [1.54, 1.807) is 33.1 Å². The molecule has 11 heteroatoms. The zero-order valence-corrected chi connectivity index (χ0v) is 25.7. The van der Waals surface area contributed by atoms with Gasteiger partial charge in [-0.15, -0.1) is 0 Å². The summed E-state index contributed by atoms with van der Waals surface area (Å²) in [6.07, 6.45) is 1.52. The Morgan fingerprint density at radius 1 is 1.00 bits per heavy atom. The number of halogens is 1. The Labute approximate surface area is 243 Å². The second-order valence-corrected chi connectivity index (χ2v) is 13.2. The summed E-state index contributed by atoms with van der Waals surface area (Å²) in [5.41, 5.74) is 2.09. The van der Waals surface area contributed by atoms with Crippen LogP contribution in [0.25, 0.3) is 0 Å². The Balaban J connectivity index is 1.31. The van der Waals surface area contributed by atoms with E-state index < -0.39 is 10.0 Å². The SMILES string of the molecule is COc1cc(C)c(S(=O)(=O)N(C)CCOCC(=O)N2CCC(c3ccc(F)cc3)(N3CCN(C)CC3)CC2)c(C)c1. The largest absolute Gasteiger partial charge is 0.497 e. The molecule has 0 aliphatic carbocycles. The lowest BCUT2D eigenvalue weighted by atomic mass is 9.78. The summed E-state index contributed by atoms with van der Waals surface area (Å²) in [7, 11) is 1.45. The highest BCUT2D eigenvalue weighted by Gasteiger charge is 2.43. The van der Waals surface area contributed by atoms with Gasteiger partial charge >= 0.3 is 0 Å². The smallest absolute Gasteiger partial charge is 0.248 e. The number of carbonyl (C=O) groups excluding carboxylic acids is 1. The molecule has 0 aromatic heterocycles. The van der Waals surface area contributed by atoms with Crippen molar-refractivity contribution in [2.45, 2.75) is 37.1 Å². The number of hydrogen-bond acceptors (Lipinski definition) is 7. The number of ether oxygens (including phenoxy) is 2. The van der Waals surface area contributed by atoms with Crippen LogP contribution in [-0.4, -0.2) is 114 Å². The monoisotopic (exact) mass is 590 g/mol. The van der Waals surface area contributed by atoms with Crippen molar-refractivity contribution in [1.82, 2.24) is 19.0 Å². The van der Waals surface area contributed by atoms with Gasteiger partial charge in [-0.3, -0.25) is 9.69 Å². The van der Waals surface area contributed by atoms with Crippen LogP contribution in [0.3, 0.4) is 0 Å². The summed E-state index contributed by atoms with van der Waals surface area (Å²) in [5, 5.41) is 0. The van der Waals surface area contributed by atoms with Crippen molar-refractivity contribution in [3.8, 4) is 5.75 Å². The van der Waals surface area contributed by atoms with Gasteiger partial charge in [0.1, 0.15) is 18.2 Å². The van der Waals surface area contributed by atoms with Crippen molar-refractivity contribution in [2.75, 3.05) is 80.2 Å².